The maximum Gasteiger partial charge on any atom is 0.311 e. The standard InChI is InChI=1S/C13H18N4O3/c1-13(12(19)20)7-3-2-4-9(13)15-10-6-5-8(11(14)18)16-17-10/h5-6,9H,2-4,7H2,1H3,(H2,14,18)(H,15,17)(H,19,20). The molecule has 0 spiro atoms. The second-order valence-corrected chi connectivity index (χ2v) is 5.33. The lowest BCUT2D eigenvalue weighted by molar-refractivity contribution is -0.150. The Morgan fingerprint density at radius 2 is 2.15 bits per heavy atom. The third-order valence-electron chi connectivity index (χ3n) is 3.94. The van der Waals surface area contributed by atoms with E-state index in [1.54, 1.807) is 13.0 Å². The lowest BCUT2D eigenvalue weighted by atomic mass is 9.71. The zero-order chi connectivity index (χ0) is 14.8. The number of carbonyl (C=O) groups excluding carboxylic acids is 1. The Bertz CT molecular complexity index is 517. The summed E-state index contributed by atoms with van der Waals surface area (Å²) in [4.78, 5) is 22.4. The molecule has 2 rings (SSSR count). The van der Waals surface area contributed by atoms with Crippen molar-refractivity contribution in [2.45, 2.75) is 38.6 Å². The Balaban J connectivity index is 2.15. The quantitative estimate of drug-likeness (QED) is 0.756. The topological polar surface area (TPSA) is 118 Å². The molecule has 0 bridgehead atoms. The Morgan fingerprint density at radius 3 is 2.70 bits per heavy atom. The van der Waals surface area contributed by atoms with Crippen LogP contribution in [0.5, 0.6) is 0 Å². The normalized spacial score (nSPS) is 25.9. The van der Waals surface area contributed by atoms with E-state index in [0.717, 1.165) is 19.3 Å². The Labute approximate surface area is 116 Å². The SMILES string of the molecule is CC1(C(=O)O)CCCCC1Nc1ccc(C(N)=O)nn1. The summed E-state index contributed by atoms with van der Waals surface area (Å²) in [5, 5.41) is 20.1. The van der Waals surface area contributed by atoms with Crippen molar-refractivity contribution in [2.24, 2.45) is 11.1 Å². The summed E-state index contributed by atoms with van der Waals surface area (Å²) in [6.45, 7) is 1.75. The average Bonchev–Trinajstić information content (AvgIpc) is 2.42. The van der Waals surface area contributed by atoms with Crippen LogP contribution in [0.25, 0.3) is 0 Å². The first-order valence-corrected chi connectivity index (χ1v) is 6.57. The van der Waals surface area contributed by atoms with Crippen molar-refractivity contribution in [1.29, 1.82) is 0 Å². The molecule has 0 radical (unpaired) electrons. The minimum atomic E-state index is -0.817. The minimum Gasteiger partial charge on any atom is -0.481 e. The van der Waals surface area contributed by atoms with E-state index in [4.69, 9.17) is 5.73 Å². The highest BCUT2D eigenvalue weighted by Gasteiger charge is 2.43. The number of aliphatic carboxylic acids is 1. The maximum atomic E-state index is 11.5. The van der Waals surface area contributed by atoms with Crippen LogP contribution in [0.1, 0.15) is 43.1 Å². The van der Waals surface area contributed by atoms with Gasteiger partial charge in [-0.3, -0.25) is 9.59 Å². The van der Waals surface area contributed by atoms with Gasteiger partial charge in [0.2, 0.25) is 0 Å². The number of nitrogens with one attached hydrogen (secondary N) is 1. The molecule has 1 aromatic rings. The average molecular weight is 278 g/mol. The molecule has 1 aliphatic carbocycles. The van der Waals surface area contributed by atoms with E-state index >= 15 is 0 Å². The van der Waals surface area contributed by atoms with E-state index in [2.05, 4.69) is 15.5 Å². The summed E-state index contributed by atoms with van der Waals surface area (Å²) in [5.41, 5.74) is 4.36. The second kappa shape index (κ2) is 5.44. The maximum absolute atomic E-state index is 11.5. The Morgan fingerprint density at radius 1 is 1.40 bits per heavy atom. The summed E-state index contributed by atoms with van der Waals surface area (Å²) >= 11 is 0. The first-order valence-electron chi connectivity index (χ1n) is 6.57. The van der Waals surface area contributed by atoms with Crippen LogP contribution in [0.2, 0.25) is 0 Å². The van der Waals surface area contributed by atoms with Gasteiger partial charge in [-0.05, 0) is 31.9 Å². The van der Waals surface area contributed by atoms with Gasteiger partial charge >= 0.3 is 5.97 Å². The molecule has 0 aromatic carbocycles. The fourth-order valence-corrected chi connectivity index (χ4v) is 2.54. The summed E-state index contributed by atoms with van der Waals surface area (Å²) in [6.07, 6.45) is 3.29. The van der Waals surface area contributed by atoms with Gasteiger partial charge in [-0.1, -0.05) is 12.8 Å². The fraction of sp³-hybridized carbons (Fsp3) is 0.538. The molecule has 1 saturated carbocycles. The van der Waals surface area contributed by atoms with Crippen molar-refractivity contribution in [3.8, 4) is 0 Å². The molecule has 1 aromatic heterocycles. The fourth-order valence-electron chi connectivity index (χ4n) is 2.54. The minimum absolute atomic E-state index is 0.0835. The Hall–Kier alpha value is -2.18. The predicted molar refractivity (Wildman–Crippen MR) is 72.2 cm³/mol. The highest BCUT2D eigenvalue weighted by atomic mass is 16.4. The van der Waals surface area contributed by atoms with Crippen molar-refractivity contribution in [1.82, 2.24) is 10.2 Å². The number of anilines is 1. The molecule has 2 unspecified atom stereocenters. The van der Waals surface area contributed by atoms with Crippen LogP contribution in [0.3, 0.4) is 0 Å². The summed E-state index contributed by atoms with van der Waals surface area (Å²) in [6, 6.07) is 2.85. The van der Waals surface area contributed by atoms with Gasteiger partial charge in [-0.15, -0.1) is 10.2 Å². The molecular formula is C13H18N4O3. The number of hydrogen-bond donors (Lipinski definition) is 3. The number of amides is 1. The first kappa shape index (κ1) is 14.2. The van der Waals surface area contributed by atoms with Crippen LogP contribution in [-0.4, -0.2) is 33.2 Å². The van der Waals surface area contributed by atoms with Crippen molar-refractivity contribution in [3.63, 3.8) is 0 Å². The lowest BCUT2D eigenvalue weighted by Crippen LogP contribution is -2.46. The lowest BCUT2D eigenvalue weighted by Gasteiger charge is -2.38. The molecule has 4 N–H and O–H groups in total. The van der Waals surface area contributed by atoms with Gasteiger partial charge in [-0.25, -0.2) is 0 Å². The zero-order valence-electron chi connectivity index (χ0n) is 11.3. The molecule has 1 fully saturated rings. The van der Waals surface area contributed by atoms with Crippen molar-refractivity contribution in [3.05, 3.63) is 17.8 Å². The number of primary amides is 1. The predicted octanol–water partition coefficient (Wildman–Crippen LogP) is 1.02. The van der Waals surface area contributed by atoms with Gasteiger partial charge in [0.15, 0.2) is 5.69 Å². The molecular weight excluding hydrogens is 260 g/mol. The molecule has 2 atom stereocenters. The van der Waals surface area contributed by atoms with E-state index in [-0.39, 0.29) is 11.7 Å². The van der Waals surface area contributed by atoms with E-state index in [1.807, 2.05) is 0 Å². The molecule has 7 heteroatoms. The number of nitrogens with two attached hydrogens (primary N) is 1. The number of rotatable bonds is 4. The molecule has 1 amide bonds. The van der Waals surface area contributed by atoms with Crippen molar-refractivity contribution < 1.29 is 14.7 Å². The molecule has 0 saturated heterocycles. The van der Waals surface area contributed by atoms with Gasteiger partial charge in [0, 0.05) is 6.04 Å². The third-order valence-corrected chi connectivity index (χ3v) is 3.94. The third kappa shape index (κ3) is 2.71. The van der Waals surface area contributed by atoms with Gasteiger partial charge in [0.05, 0.1) is 5.41 Å². The van der Waals surface area contributed by atoms with E-state index in [9.17, 15) is 14.7 Å². The number of nitrogens with zero attached hydrogens (tertiary/aromatic N) is 2. The highest BCUT2D eigenvalue weighted by molar-refractivity contribution is 5.90. The van der Waals surface area contributed by atoms with Gasteiger partial charge < -0.3 is 16.2 Å². The molecule has 20 heavy (non-hydrogen) atoms. The van der Waals surface area contributed by atoms with Crippen LogP contribution < -0.4 is 11.1 Å². The smallest absolute Gasteiger partial charge is 0.311 e. The zero-order valence-corrected chi connectivity index (χ0v) is 11.3. The molecule has 1 heterocycles. The van der Waals surface area contributed by atoms with E-state index in [1.165, 1.54) is 6.07 Å². The molecule has 7 nitrogen and oxygen atoms in total. The summed E-state index contributed by atoms with van der Waals surface area (Å²) < 4.78 is 0. The van der Waals surface area contributed by atoms with Gasteiger partial charge in [0.1, 0.15) is 5.82 Å². The van der Waals surface area contributed by atoms with Crippen molar-refractivity contribution >= 4 is 17.7 Å². The number of hydrogen-bond acceptors (Lipinski definition) is 5. The number of carbonyl (C=O) groups is 2. The summed E-state index contributed by atoms with van der Waals surface area (Å²) in [5.74, 6) is -0.997. The van der Waals surface area contributed by atoms with Crippen molar-refractivity contribution in [2.75, 3.05) is 5.32 Å². The number of carboxylic acids is 1. The monoisotopic (exact) mass is 278 g/mol. The largest absolute Gasteiger partial charge is 0.481 e. The van der Waals surface area contributed by atoms with Crippen LogP contribution >= 0.6 is 0 Å². The molecule has 1 aliphatic rings. The summed E-state index contributed by atoms with van der Waals surface area (Å²) in [7, 11) is 0. The molecule has 108 valence electrons. The van der Waals surface area contributed by atoms with Gasteiger partial charge in [0.25, 0.3) is 5.91 Å². The van der Waals surface area contributed by atoms with E-state index < -0.39 is 17.3 Å². The van der Waals surface area contributed by atoms with Crippen LogP contribution in [0.4, 0.5) is 5.82 Å². The van der Waals surface area contributed by atoms with Crippen LogP contribution in [-0.2, 0) is 4.79 Å². The van der Waals surface area contributed by atoms with Gasteiger partial charge in [-0.2, -0.15) is 0 Å². The van der Waals surface area contributed by atoms with Crippen LogP contribution in [0, 0.1) is 5.41 Å². The highest BCUT2D eigenvalue weighted by Crippen LogP contribution is 2.37. The first-order chi connectivity index (χ1) is 9.43. The number of carboxylic acid groups (broad SMARTS) is 1. The van der Waals surface area contributed by atoms with Crippen LogP contribution in [0.15, 0.2) is 12.1 Å². The number of aromatic nitrogens is 2. The second-order valence-electron chi connectivity index (χ2n) is 5.33. The Kier molecular flexibility index (Phi) is 3.87. The molecule has 0 aliphatic heterocycles. The van der Waals surface area contributed by atoms with E-state index in [0.29, 0.717) is 12.2 Å².